The van der Waals surface area contributed by atoms with E-state index in [0.29, 0.717) is 16.9 Å². The average Bonchev–Trinajstić information content (AvgIpc) is 2.87. The predicted molar refractivity (Wildman–Crippen MR) is 70.6 cm³/mol. The van der Waals surface area contributed by atoms with E-state index in [1.807, 2.05) is 0 Å². The van der Waals surface area contributed by atoms with Crippen molar-refractivity contribution in [3.63, 3.8) is 0 Å². The van der Waals surface area contributed by atoms with Crippen LogP contribution in [0.15, 0.2) is 54.7 Å². The highest BCUT2D eigenvalue weighted by Crippen LogP contribution is 2.30. The Morgan fingerprint density at radius 2 is 1.75 bits per heavy atom. The lowest BCUT2D eigenvalue weighted by Crippen LogP contribution is -1.99. The van der Waals surface area contributed by atoms with Gasteiger partial charge in [-0.25, -0.2) is 13.5 Å². The number of phenols is 1. The fraction of sp³-hybridized carbons (Fsp3) is 0. The summed E-state index contributed by atoms with van der Waals surface area (Å²) in [6.07, 6.45) is 1.53. The summed E-state index contributed by atoms with van der Waals surface area (Å²) in [5.74, 6) is -1.10. The third-order valence-electron chi connectivity index (χ3n) is 2.93. The zero-order valence-electron chi connectivity index (χ0n) is 10.3. The van der Waals surface area contributed by atoms with Crippen molar-refractivity contribution in [2.45, 2.75) is 0 Å². The number of aromatic hydroxyl groups is 1. The van der Waals surface area contributed by atoms with Crippen LogP contribution in [0.5, 0.6) is 5.75 Å². The van der Waals surface area contributed by atoms with Gasteiger partial charge in [-0.2, -0.15) is 5.10 Å². The summed E-state index contributed by atoms with van der Waals surface area (Å²) in [5.41, 5.74) is 1.50. The summed E-state index contributed by atoms with van der Waals surface area (Å²) in [7, 11) is 0. The van der Waals surface area contributed by atoms with Crippen LogP contribution >= 0.6 is 0 Å². The second-order valence-electron chi connectivity index (χ2n) is 4.27. The van der Waals surface area contributed by atoms with Gasteiger partial charge in [-0.05, 0) is 36.4 Å². The topological polar surface area (TPSA) is 38.1 Å². The summed E-state index contributed by atoms with van der Waals surface area (Å²) < 4.78 is 27.8. The Bertz CT molecular complexity index is 768. The molecule has 0 atom stereocenters. The van der Waals surface area contributed by atoms with Crippen LogP contribution in [0.25, 0.3) is 16.9 Å². The fourth-order valence-electron chi connectivity index (χ4n) is 2.04. The first-order chi connectivity index (χ1) is 9.65. The third-order valence-corrected chi connectivity index (χ3v) is 2.93. The third kappa shape index (κ3) is 2.14. The minimum atomic E-state index is -0.525. The van der Waals surface area contributed by atoms with Gasteiger partial charge in [0.15, 0.2) is 0 Å². The maximum absolute atomic E-state index is 13.3. The molecular formula is C15H10F2N2O. The number of phenolic OH excluding ortho intramolecular Hbond substituents is 1. The largest absolute Gasteiger partial charge is 0.507 e. The molecule has 1 aromatic heterocycles. The van der Waals surface area contributed by atoms with Crippen molar-refractivity contribution in [3.8, 4) is 22.7 Å². The number of hydrogen-bond donors (Lipinski definition) is 1. The Morgan fingerprint density at radius 1 is 0.950 bits per heavy atom. The number of benzene rings is 2. The van der Waals surface area contributed by atoms with Crippen molar-refractivity contribution in [2.24, 2.45) is 0 Å². The monoisotopic (exact) mass is 272 g/mol. The molecule has 0 saturated carbocycles. The van der Waals surface area contributed by atoms with Crippen LogP contribution in [0.3, 0.4) is 0 Å². The van der Waals surface area contributed by atoms with Crippen molar-refractivity contribution in [1.29, 1.82) is 0 Å². The average molecular weight is 272 g/mol. The van der Waals surface area contributed by atoms with Crippen molar-refractivity contribution in [2.75, 3.05) is 0 Å². The quantitative estimate of drug-likeness (QED) is 0.775. The van der Waals surface area contributed by atoms with Gasteiger partial charge in [-0.3, -0.25) is 0 Å². The summed E-state index contributed by atoms with van der Waals surface area (Å²) in [5, 5.41) is 13.9. The SMILES string of the molecule is Oc1cc(F)ccc1-c1ccnn1-c1cccc(F)c1. The van der Waals surface area contributed by atoms with E-state index in [-0.39, 0.29) is 11.6 Å². The summed E-state index contributed by atoms with van der Waals surface area (Å²) in [6.45, 7) is 0. The molecule has 1 N–H and O–H groups in total. The first-order valence-electron chi connectivity index (χ1n) is 5.94. The van der Waals surface area contributed by atoms with E-state index >= 15 is 0 Å². The molecule has 1 heterocycles. The Balaban J connectivity index is 2.15. The van der Waals surface area contributed by atoms with Crippen LogP contribution < -0.4 is 0 Å². The van der Waals surface area contributed by atoms with E-state index in [2.05, 4.69) is 5.10 Å². The van der Waals surface area contributed by atoms with Crippen molar-refractivity contribution < 1.29 is 13.9 Å². The van der Waals surface area contributed by atoms with E-state index < -0.39 is 5.82 Å². The number of rotatable bonds is 2. The molecule has 0 amide bonds. The number of hydrogen-bond acceptors (Lipinski definition) is 2. The Hall–Kier alpha value is -2.69. The molecule has 0 aliphatic heterocycles. The highest BCUT2D eigenvalue weighted by atomic mass is 19.1. The maximum atomic E-state index is 13.3. The molecule has 0 saturated heterocycles. The van der Waals surface area contributed by atoms with E-state index in [4.69, 9.17) is 0 Å². The molecule has 0 aliphatic rings. The number of nitrogens with zero attached hydrogens (tertiary/aromatic N) is 2. The lowest BCUT2D eigenvalue weighted by Gasteiger charge is -2.09. The van der Waals surface area contributed by atoms with Gasteiger partial charge in [0.2, 0.25) is 0 Å². The summed E-state index contributed by atoms with van der Waals surface area (Å²) in [4.78, 5) is 0. The van der Waals surface area contributed by atoms with Crippen molar-refractivity contribution in [1.82, 2.24) is 9.78 Å². The van der Waals surface area contributed by atoms with E-state index in [0.717, 1.165) is 6.07 Å². The standard InChI is InChI=1S/C15H10F2N2O/c16-10-2-1-3-12(8-10)19-14(6-7-18-19)13-5-4-11(17)9-15(13)20/h1-9,20H. The highest BCUT2D eigenvalue weighted by molar-refractivity contribution is 5.68. The second-order valence-corrected chi connectivity index (χ2v) is 4.27. The summed E-state index contributed by atoms with van der Waals surface area (Å²) >= 11 is 0. The van der Waals surface area contributed by atoms with Crippen LogP contribution in [0, 0.1) is 11.6 Å². The molecule has 0 spiro atoms. The maximum Gasteiger partial charge on any atom is 0.127 e. The van der Waals surface area contributed by atoms with Crippen molar-refractivity contribution in [3.05, 3.63) is 66.4 Å². The molecule has 0 fully saturated rings. The zero-order chi connectivity index (χ0) is 14.1. The molecule has 20 heavy (non-hydrogen) atoms. The summed E-state index contributed by atoms with van der Waals surface area (Å²) in [6, 6.07) is 11.3. The fourth-order valence-corrected chi connectivity index (χ4v) is 2.04. The minimum absolute atomic E-state index is 0.192. The first-order valence-corrected chi connectivity index (χ1v) is 5.94. The van der Waals surface area contributed by atoms with E-state index in [1.165, 1.54) is 35.1 Å². The minimum Gasteiger partial charge on any atom is -0.507 e. The molecule has 0 aliphatic carbocycles. The first kappa shape index (κ1) is 12.3. The lowest BCUT2D eigenvalue weighted by molar-refractivity contribution is 0.470. The van der Waals surface area contributed by atoms with Gasteiger partial charge in [0, 0.05) is 11.6 Å². The lowest BCUT2D eigenvalue weighted by atomic mass is 10.1. The van der Waals surface area contributed by atoms with Crippen LogP contribution in [-0.4, -0.2) is 14.9 Å². The molecule has 5 heteroatoms. The molecule has 0 radical (unpaired) electrons. The van der Waals surface area contributed by atoms with E-state index in [1.54, 1.807) is 18.2 Å². The molecule has 0 bridgehead atoms. The Kier molecular flexibility index (Phi) is 2.95. The van der Waals surface area contributed by atoms with Crippen molar-refractivity contribution >= 4 is 0 Å². The van der Waals surface area contributed by atoms with Gasteiger partial charge >= 0.3 is 0 Å². The predicted octanol–water partition coefficient (Wildman–Crippen LogP) is 3.52. The molecule has 0 unspecified atom stereocenters. The van der Waals surface area contributed by atoms with Crippen LogP contribution in [-0.2, 0) is 0 Å². The van der Waals surface area contributed by atoms with Gasteiger partial charge in [-0.1, -0.05) is 6.07 Å². The van der Waals surface area contributed by atoms with Gasteiger partial charge in [0.25, 0.3) is 0 Å². The molecule has 3 rings (SSSR count). The number of aromatic nitrogens is 2. The second kappa shape index (κ2) is 4.77. The van der Waals surface area contributed by atoms with Gasteiger partial charge in [-0.15, -0.1) is 0 Å². The zero-order valence-corrected chi connectivity index (χ0v) is 10.3. The van der Waals surface area contributed by atoms with Gasteiger partial charge < -0.3 is 5.11 Å². The molecule has 3 nitrogen and oxygen atoms in total. The molecule has 100 valence electrons. The molecule has 2 aromatic carbocycles. The normalized spacial score (nSPS) is 10.7. The Morgan fingerprint density at radius 3 is 2.50 bits per heavy atom. The van der Waals surface area contributed by atoms with Crippen LogP contribution in [0.1, 0.15) is 0 Å². The molecular weight excluding hydrogens is 262 g/mol. The van der Waals surface area contributed by atoms with E-state index in [9.17, 15) is 13.9 Å². The van der Waals surface area contributed by atoms with Gasteiger partial charge in [0.05, 0.1) is 17.6 Å². The smallest absolute Gasteiger partial charge is 0.127 e. The highest BCUT2D eigenvalue weighted by Gasteiger charge is 2.12. The molecule has 3 aromatic rings. The van der Waals surface area contributed by atoms with Crippen LogP contribution in [0.2, 0.25) is 0 Å². The Labute approximate surface area is 113 Å². The van der Waals surface area contributed by atoms with Crippen LogP contribution in [0.4, 0.5) is 8.78 Å². The van der Waals surface area contributed by atoms with Gasteiger partial charge in [0.1, 0.15) is 17.4 Å². The number of halogens is 2.